The number of aldehydes is 1. The van der Waals surface area contributed by atoms with Gasteiger partial charge in [0.2, 0.25) is 0 Å². The third-order valence-corrected chi connectivity index (χ3v) is 4.80. The van der Waals surface area contributed by atoms with Crippen LogP contribution in [-0.4, -0.2) is 49.8 Å². The summed E-state index contributed by atoms with van der Waals surface area (Å²) in [5.41, 5.74) is 3.82. The highest BCUT2D eigenvalue weighted by atomic mass is 16.5. The Bertz CT molecular complexity index is 997. The van der Waals surface area contributed by atoms with Gasteiger partial charge < -0.3 is 19.5 Å². The summed E-state index contributed by atoms with van der Waals surface area (Å²) in [4.78, 5) is 18.7. The Morgan fingerprint density at radius 1 is 1.15 bits per heavy atom. The smallest absolute Gasteiger partial charge is 0.161 e. The zero-order valence-electron chi connectivity index (χ0n) is 15.0. The first-order valence-electron chi connectivity index (χ1n) is 8.79. The standard InChI is InChI=1S/C21H20N2O4/c1-26-21-11-14(2-5-20(21)25)19-10-15(13-24)17-12-16(3-4-18(17)22-19)23-6-8-27-9-7-23/h2-5,10-13,25H,6-9H2,1H3. The highest BCUT2D eigenvalue weighted by Crippen LogP contribution is 2.33. The minimum Gasteiger partial charge on any atom is -0.504 e. The van der Waals surface area contributed by atoms with E-state index in [1.807, 2.05) is 18.2 Å². The van der Waals surface area contributed by atoms with Crippen LogP contribution in [0.5, 0.6) is 11.5 Å². The number of aromatic hydroxyl groups is 1. The van der Waals surface area contributed by atoms with E-state index in [0.717, 1.165) is 41.5 Å². The zero-order chi connectivity index (χ0) is 18.8. The van der Waals surface area contributed by atoms with Gasteiger partial charge in [0.05, 0.1) is 31.5 Å². The molecule has 0 aliphatic carbocycles. The van der Waals surface area contributed by atoms with Crippen molar-refractivity contribution in [2.45, 2.75) is 0 Å². The summed E-state index contributed by atoms with van der Waals surface area (Å²) >= 11 is 0. The first kappa shape index (κ1) is 17.3. The lowest BCUT2D eigenvalue weighted by atomic mass is 10.0. The summed E-state index contributed by atoms with van der Waals surface area (Å²) in [6, 6.07) is 12.8. The first-order valence-corrected chi connectivity index (χ1v) is 8.79. The number of benzene rings is 2. The molecule has 0 unspecified atom stereocenters. The molecule has 0 amide bonds. The Morgan fingerprint density at radius 2 is 1.96 bits per heavy atom. The molecule has 6 nitrogen and oxygen atoms in total. The Labute approximate surface area is 157 Å². The maximum absolute atomic E-state index is 11.7. The second kappa shape index (κ2) is 7.25. The number of pyridine rings is 1. The quantitative estimate of drug-likeness (QED) is 0.717. The molecular weight excluding hydrogens is 344 g/mol. The third-order valence-electron chi connectivity index (χ3n) is 4.80. The van der Waals surface area contributed by atoms with E-state index < -0.39 is 0 Å². The minimum atomic E-state index is 0.0628. The Balaban J connectivity index is 1.79. The third kappa shape index (κ3) is 3.31. The molecule has 3 aromatic rings. The van der Waals surface area contributed by atoms with Crippen LogP contribution >= 0.6 is 0 Å². The maximum Gasteiger partial charge on any atom is 0.161 e. The second-order valence-electron chi connectivity index (χ2n) is 6.40. The van der Waals surface area contributed by atoms with Crippen molar-refractivity contribution in [2.75, 3.05) is 38.3 Å². The van der Waals surface area contributed by atoms with E-state index in [1.54, 1.807) is 24.3 Å². The van der Waals surface area contributed by atoms with Gasteiger partial charge in [-0.3, -0.25) is 4.79 Å². The molecule has 1 aliphatic rings. The number of rotatable bonds is 4. The van der Waals surface area contributed by atoms with Crippen LogP contribution in [0, 0.1) is 0 Å². The van der Waals surface area contributed by atoms with Crippen molar-refractivity contribution < 1.29 is 19.4 Å². The van der Waals surface area contributed by atoms with Crippen molar-refractivity contribution in [2.24, 2.45) is 0 Å². The maximum atomic E-state index is 11.7. The number of carbonyl (C=O) groups is 1. The molecule has 2 aromatic carbocycles. The van der Waals surface area contributed by atoms with E-state index in [0.29, 0.717) is 30.2 Å². The molecule has 0 bridgehead atoms. The van der Waals surface area contributed by atoms with Crippen LogP contribution < -0.4 is 9.64 Å². The number of carbonyl (C=O) groups excluding carboxylic acids is 1. The van der Waals surface area contributed by atoms with E-state index in [-0.39, 0.29) is 5.75 Å². The SMILES string of the molecule is COc1cc(-c2cc(C=O)c3cc(N4CCOCC4)ccc3n2)ccc1O. The van der Waals surface area contributed by atoms with Crippen molar-refractivity contribution in [1.82, 2.24) is 4.98 Å². The number of hydrogen-bond donors (Lipinski definition) is 1. The molecule has 4 rings (SSSR count). The second-order valence-corrected chi connectivity index (χ2v) is 6.40. The van der Waals surface area contributed by atoms with Crippen LogP contribution in [0.15, 0.2) is 42.5 Å². The Morgan fingerprint density at radius 3 is 2.70 bits per heavy atom. The predicted octanol–water partition coefficient (Wildman–Crippen LogP) is 3.27. The van der Waals surface area contributed by atoms with E-state index >= 15 is 0 Å². The summed E-state index contributed by atoms with van der Waals surface area (Å²) < 4.78 is 10.6. The lowest BCUT2D eigenvalue weighted by molar-refractivity contribution is 0.112. The molecule has 0 atom stereocenters. The molecule has 138 valence electrons. The topological polar surface area (TPSA) is 71.9 Å². The number of aromatic nitrogens is 1. The molecule has 0 saturated carbocycles. The van der Waals surface area contributed by atoms with Gasteiger partial charge in [-0.2, -0.15) is 0 Å². The highest BCUT2D eigenvalue weighted by molar-refractivity contribution is 5.99. The van der Waals surface area contributed by atoms with Crippen LogP contribution in [-0.2, 0) is 4.74 Å². The fourth-order valence-electron chi connectivity index (χ4n) is 3.34. The summed E-state index contributed by atoms with van der Waals surface area (Å²) in [6.07, 6.45) is 0.855. The van der Waals surface area contributed by atoms with Crippen molar-refractivity contribution in [1.29, 1.82) is 0 Å². The van der Waals surface area contributed by atoms with Crippen LogP contribution in [0.4, 0.5) is 5.69 Å². The average Bonchev–Trinajstić information content (AvgIpc) is 2.73. The molecule has 1 aromatic heterocycles. The summed E-state index contributed by atoms with van der Waals surface area (Å²) in [5, 5.41) is 10.6. The molecule has 27 heavy (non-hydrogen) atoms. The van der Waals surface area contributed by atoms with Crippen molar-refractivity contribution >= 4 is 22.9 Å². The van der Waals surface area contributed by atoms with E-state index in [2.05, 4.69) is 4.90 Å². The summed E-state index contributed by atoms with van der Waals surface area (Å²) in [5.74, 6) is 0.428. The number of phenols is 1. The van der Waals surface area contributed by atoms with Crippen LogP contribution in [0.25, 0.3) is 22.2 Å². The molecule has 2 heterocycles. The van der Waals surface area contributed by atoms with Crippen LogP contribution in [0.1, 0.15) is 10.4 Å². The number of ether oxygens (including phenoxy) is 2. The van der Waals surface area contributed by atoms with E-state index in [9.17, 15) is 9.90 Å². The Hall–Kier alpha value is -3.12. The largest absolute Gasteiger partial charge is 0.504 e. The molecular formula is C21H20N2O4. The number of methoxy groups -OCH3 is 1. The molecule has 1 fully saturated rings. The van der Waals surface area contributed by atoms with Gasteiger partial charge in [-0.05, 0) is 42.5 Å². The minimum absolute atomic E-state index is 0.0628. The summed E-state index contributed by atoms with van der Waals surface area (Å²) in [7, 11) is 1.50. The van der Waals surface area contributed by atoms with Gasteiger partial charge >= 0.3 is 0 Å². The number of hydrogen-bond acceptors (Lipinski definition) is 6. The van der Waals surface area contributed by atoms with Crippen LogP contribution in [0.2, 0.25) is 0 Å². The first-order chi connectivity index (χ1) is 13.2. The van der Waals surface area contributed by atoms with Gasteiger partial charge in [-0.15, -0.1) is 0 Å². The number of phenolic OH excluding ortho intramolecular Hbond substituents is 1. The van der Waals surface area contributed by atoms with Crippen molar-refractivity contribution in [3.63, 3.8) is 0 Å². The fraction of sp³-hybridized carbons (Fsp3) is 0.238. The molecule has 0 radical (unpaired) electrons. The van der Waals surface area contributed by atoms with E-state index in [1.165, 1.54) is 7.11 Å². The fourth-order valence-corrected chi connectivity index (χ4v) is 3.34. The molecule has 1 saturated heterocycles. The molecule has 1 aliphatic heterocycles. The van der Waals surface area contributed by atoms with Gasteiger partial charge in [-0.1, -0.05) is 0 Å². The van der Waals surface area contributed by atoms with Gasteiger partial charge in [0.15, 0.2) is 17.8 Å². The van der Waals surface area contributed by atoms with Gasteiger partial charge in [0.25, 0.3) is 0 Å². The molecule has 1 N–H and O–H groups in total. The zero-order valence-corrected chi connectivity index (χ0v) is 15.0. The lowest BCUT2D eigenvalue weighted by Crippen LogP contribution is -2.36. The lowest BCUT2D eigenvalue weighted by Gasteiger charge is -2.29. The van der Waals surface area contributed by atoms with E-state index in [4.69, 9.17) is 14.5 Å². The van der Waals surface area contributed by atoms with Gasteiger partial charge in [0.1, 0.15) is 0 Å². The number of anilines is 1. The molecule has 0 spiro atoms. The van der Waals surface area contributed by atoms with Crippen molar-refractivity contribution in [3.8, 4) is 22.8 Å². The number of fused-ring (bicyclic) bond motifs is 1. The van der Waals surface area contributed by atoms with Crippen LogP contribution in [0.3, 0.4) is 0 Å². The number of nitrogens with zero attached hydrogens (tertiary/aromatic N) is 2. The highest BCUT2D eigenvalue weighted by Gasteiger charge is 2.14. The predicted molar refractivity (Wildman–Crippen MR) is 104 cm³/mol. The normalized spacial score (nSPS) is 14.3. The van der Waals surface area contributed by atoms with Gasteiger partial charge in [0, 0.05) is 35.3 Å². The summed E-state index contributed by atoms with van der Waals surface area (Å²) in [6.45, 7) is 3.08. The number of morpholine rings is 1. The monoisotopic (exact) mass is 364 g/mol. The van der Waals surface area contributed by atoms with Gasteiger partial charge in [-0.25, -0.2) is 4.98 Å². The van der Waals surface area contributed by atoms with Crippen molar-refractivity contribution in [3.05, 3.63) is 48.0 Å². The average molecular weight is 364 g/mol. The molecule has 6 heteroatoms. The Kier molecular flexibility index (Phi) is 4.64.